The molecule has 0 aromatic heterocycles. The van der Waals surface area contributed by atoms with Crippen LogP contribution >= 0.6 is 0 Å². The van der Waals surface area contributed by atoms with Crippen LogP contribution in [0.1, 0.15) is 31.9 Å². The number of aliphatic hydroxyl groups is 1. The van der Waals surface area contributed by atoms with Crippen LogP contribution in [-0.4, -0.2) is 42.8 Å². The van der Waals surface area contributed by atoms with Gasteiger partial charge < -0.3 is 15.3 Å². The summed E-state index contributed by atoms with van der Waals surface area (Å²) in [6.45, 7) is 5.99. The monoisotopic (exact) mass is 268 g/mol. The molecule has 0 aliphatic rings. The summed E-state index contributed by atoms with van der Waals surface area (Å²) in [7, 11) is 2.01. The molecule has 2 N–H and O–H groups in total. The zero-order valence-corrected chi connectivity index (χ0v) is 12.1. The van der Waals surface area contributed by atoms with Gasteiger partial charge in [0.25, 0.3) is 0 Å². The van der Waals surface area contributed by atoms with E-state index in [2.05, 4.69) is 17.1 Å². The highest BCUT2D eigenvalue weighted by atomic mass is 19.1. The third-order valence-corrected chi connectivity index (χ3v) is 3.51. The fourth-order valence-electron chi connectivity index (χ4n) is 2.02. The smallest absolute Gasteiger partial charge is 0.123 e. The molecule has 0 aliphatic heterocycles. The lowest BCUT2D eigenvalue weighted by atomic mass is 10.0. The van der Waals surface area contributed by atoms with E-state index in [4.69, 9.17) is 5.11 Å². The van der Waals surface area contributed by atoms with E-state index in [9.17, 15) is 4.39 Å². The average Bonchev–Trinajstić information content (AvgIpc) is 2.43. The maximum absolute atomic E-state index is 12.9. The summed E-state index contributed by atoms with van der Waals surface area (Å²) >= 11 is 0. The largest absolute Gasteiger partial charge is 0.395 e. The minimum atomic E-state index is -0.204. The van der Waals surface area contributed by atoms with Crippen LogP contribution in [0.4, 0.5) is 4.39 Å². The van der Waals surface area contributed by atoms with Crippen molar-refractivity contribution in [1.29, 1.82) is 0 Å². The van der Waals surface area contributed by atoms with Gasteiger partial charge in [-0.2, -0.15) is 0 Å². The van der Waals surface area contributed by atoms with Gasteiger partial charge >= 0.3 is 0 Å². The Balaban J connectivity index is 2.60. The number of likely N-dealkylation sites (N-methyl/N-ethyl adjacent to an activating group) is 1. The maximum Gasteiger partial charge on any atom is 0.123 e. The average molecular weight is 268 g/mol. The van der Waals surface area contributed by atoms with Crippen molar-refractivity contribution in [3.8, 4) is 0 Å². The summed E-state index contributed by atoms with van der Waals surface area (Å²) in [6, 6.07) is 7.05. The Bertz CT molecular complexity index is 356. The third kappa shape index (κ3) is 5.27. The predicted molar refractivity (Wildman–Crippen MR) is 76.6 cm³/mol. The number of rotatable bonds is 8. The van der Waals surface area contributed by atoms with Crippen LogP contribution in [0, 0.1) is 5.82 Å². The Labute approximate surface area is 115 Å². The van der Waals surface area contributed by atoms with Crippen molar-refractivity contribution in [2.75, 3.05) is 26.7 Å². The Hall–Kier alpha value is -0.970. The second-order valence-corrected chi connectivity index (χ2v) is 4.96. The number of aliphatic hydroxyl groups excluding tert-OH is 1. The fraction of sp³-hybridized carbons (Fsp3) is 0.600. The highest BCUT2D eigenvalue weighted by Gasteiger charge is 2.13. The second kappa shape index (κ2) is 8.25. The number of nitrogens with one attached hydrogen (secondary N) is 1. The molecule has 19 heavy (non-hydrogen) atoms. The second-order valence-electron chi connectivity index (χ2n) is 4.96. The zero-order chi connectivity index (χ0) is 14.3. The first kappa shape index (κ1) is 16.1. The van der Waals surface area contributed by atoms with E-state index >= 15 is 0 Å². The van der Waals surface area contributed by atoms with Gasteiger partial charge in [0.1, 0.15) is 5.82 Å². The standard InChI is InChI=1S/C15H25FN2O/c1-4-17-15(9-10-18(3)12(2)11-19)13-5-7-14(16)8-6-13/h5-8,12,15,17,19H,4,9-11H2,1-3H3. The van der Waals surface area contributed by atoms with Gasteiger partial charge in [0.15, 0.2) is 0 Å². The summed E-state index contributed by atoms with van der Waals surface area (Å²) in [6.07, 6.45) is 0.931. The zero-order valence-electron chi connectivity index (χ0n) is 12.1. The molecule has 0 bridgehead atoms. The van der Waals surface area contributed by atoms with Gasteiger partial charge in [0.2, 0.25) is 0 Å². The van der Waals surface area contributed by atoms with Crippen molar-refractivity contribution in [3.63, 3.8) is 0 Å². The van der Waals surface area contributed by atoms with Gasteiger partial charge in [-0.05, 0) is 44.6 Å². The summed E-state index contributed by atoms with van der Waals surface area (Å²) in [5.74, 6) is -0.204. The molecule has 3 nitrogen and oxygen atoms in total. The first-order valence-corrected chi connectivity index (χ1v) is 6.88. The van der Waals surface area contributed by atoms with E-state index in [0.717, 1.165) is 25.1 Å². The first-order chi connectivity index (χ1) is 9.08. The minimum Gasteiger partial charge on any atom is -0.395 e. The molecular formula is C15H25FN2O. The van der Waals surface area contributed by atoms with Crippen molar-refractivity contribution in [3.05, 3.63) is 35.6 Å². The number of nitrogens with zero attached hydrogens (tertiary/aromatic N) is 1. The molecule has 0 heterocycles. The molecule has 0 fully saturated rings. The molecular weight excluding hydrogens is 243 g/mol. The van der Waals surface area contributed by atoms with Crippen LogP contribution in [0.15, 0.2) is 24.3 Å². The van der Waals surface area contributed by atoms with Crippen LogP contribution < -0.4 is 5.32 Å². The van der Waals surface area contributed by atoms with Crippen molar-refractivity contribution >= 4 is 0 Å². The van der Waals surface area contributed by atoms with Crippen LogP contribution in [0.3, 0.4) is 0 Å². The van der Waals surface area contributed by atoms with Crippen molar-refractivity contribution in [2.45, 2.75) is 32.4 Å². The molecule has 2 atom stereocenters. The number of halogens is 1. The Morgan fingerprint density at radius 1 is 1.32 bits per heavy atom. The van der Waals surface area contributed by atoms with Crippen LogP contribution in [0.2, 0.25) is 0 Å². The van der Waals surface area contributed by atoms with E-state index < -0.39 is 0 Å². The topological polar surface area (TPSA) is 35.5 Å². The highest BCUT2D eigenvalue weighted by Crippen LogP contribution is 2.18. The summed E-state index contributed by atoms with van der Waals surface area (Å²) < 4.78 is 12.9. The highest BCUT2D eigenvalue weighted by molar-refractivity contribution is 5.19. The normalized spacial score (nSPS) is 14.6. The number of hydrogen-bond donors (Lipinski definition) is 2. The Morgan fingerprint density at radius 2 is 1.95 bits per heavy atom. The molecule has 0 radical (unpaired) electrons. The predicted octanol–water partition coefficient (Wildman–Crippen LogP) is 2.18. The Morgan fingerprint density at radius 3 is 2.47 bits per heavy atom. The summed E-state index contributed by atoms with van der Waals surface area (Å²) in [5, 5.41) is 12.5. The molecule has 2 unspecified atom stereocenters. The Kier molecular flexibility index (Phi) is 6.99. The number of benzene rings is 1. The van der Waals surface area contributed by atoms with E-state index in [1.54, 1.807) is 0 Å². The summed E-state index contributed by atoms with van der Waals surface area (Å²) in [4.78, 5) is 2.13. The molecule has 0 amide bonds. The van der Waals surface area contributed by atoms with Crippen molar-refractivity contribution < 1.29 is 9.50 Å². The molecule has 108 valence electrons. The van der Waals surface area contributed by atoms with Gasteiger partial charge in [-0.1, -0.05) is 19.1 Å². The SMILES string of the molecule is CCNC(CCN(C)C(C)CO)c1ccc(F)cc1. The molecule has 1 aromatic rings. The third-order valence-electron chi connectivity index (χ3n) is 3.51. The molecule has 0 saturated carbocycles. The van der Waals surface area contributed by atoms with Crippen LogP contribution in [-0.2, 0) is 0 Å². The first-order valence-electron chi connectivity index (χ1n) is 6.88. The van der Waals surface area contributed by atoms with Gasteiger partial charge in [-0.15, -0.1) is 0 Å². The molecule has 1 aromatic carbocycles. The number of hydrogen-bond acceptors (Lipinski definition) is 3. The quantitative estimate of drug-likeness (QED) is 0.758. The molecule has 1 rings (SSSR count). The van der Waals surface area contributed by atoms with E-state index in [0.29, 0.717) is 0 Å². The van der Waals surface area contributed by atoms with Crippen molar-refractivity contribution in [1.82, 2.24) is 10.2 Å². The van der Waals surface area contributed by atoms with E-state index in [1.165, 1.54) is 12.1 Å². The van der Waals surface area contributed by atoms with E-state index in [1.807, 2.05) is 26.1 Å². The fourth-order valence-corrected chi connectivity index (χ4v) is 2.02. The van der Waals surface area contributed by atoms with Gasteiger partial charge in [0.05, 0.1) is 6.61 Å². The van der Waals surface area contributed by atoms with E-state index in [-0.39, 0.29) is 24.5 Å². The molecule has 0 spiro atoms. The summed E-state index contributed by atoms with van der Waals surface area (Å²) in [5.41, 5.74) is 1.10. The molecule has 0 aliphatic carbocycles. The van der Waals surface area contributed by atoms with Gasteiger partial charge in [-0.3, -0.25) is 0 Å². The lowest BCUT2D eigenvalue weighted by molar-refractivity contribution is 0.154. The lowest BCUT2D eigenvalue weighted by Gasteiger charge is -2.26. The van der Waals surface area contributed by atoms with Crippen LogP contribution in [0.25, 0.3) is 0 Å². The maximum atomic E-state index is 12.9. The van der Waals surface area contributed by atoms with Crippen LogP contribution in [0.5, 0.6) is 0 Å². The van der Waals surface area contributed by atoms with Gasteiger partial charge in [-0.25, -0.2) is 4.39 Å². The lowest BCUT2D eigenvalue weighted by Crippen LogP contribution is -2.35. The van der Waals surface area contributed by atoms with Crippen molar-refractivity contribution in [2.24, 2.45) is 0 Å². The minimum absolute atomic E-state index is 0.162. The van der Waals surface area contributed by atoms with Gasteiger partial charge in [0, 0.05) is 18.6 Å². The molecule has 0 saturated heterocycles. The molecule has 4 heteroatoms.